The van der Waals surface area contributed by atoms with Gasteiger partial charge in [-0.25, -0.2) is 4.98 Å². The van der Waals surface area contributed by atoms with E-state index in [4.69, 9.17) is 30.0 Å². The van der Waals surface area contributed by atoms with Gasteiger partial charge < -0.3 is 13.9 Å². The number of hydrogen-bond acceptors (Lipinski definition) is 2. The van der Waals surface area contributed by atoms with E-state index in [1.165, 1.54) is 0 Å². The first-order valence-electron chi connectivity index (χ1n) is 21.8. The molecule has 0 aliphatic carbocycles. The molecule has 0 saturated carbocycles. The number of para-hydroxylation sites is 4. The van der Waals surface area contributed by atoms with Crippen LogP contribution in [0.15, 0.2) is 176 Å². The largest absolute Gasteiger partial charge is 0.510 e. The normalized spacial score (nSPS) is 13.8. The number of hydrogen-bond donors (Lipinski definition) is 0. The summed E-state index contributed by atoms with van der Waals surface area (Å²) in [6, 6.07) is 34.0. The molecule has 55 heavy (non-hydrogen) atoms. The van der Waals surface area contributed by atoms with Crippen LogP contribution in [0.1, 0.15) is 13.7 Å². The molecule has 0 aliphatic rings. The fraction of sp³-hybridized carbons (Fsp3) is 0. The molecule has 0 N–H and O–H groups in total. The van der Waals surface area contributed by atoms with E-state index in [1.54, 1.807) is 76.0 Å². The molecule has 0 amide bonds. The molecule has 0 radical (unpaired) electrons. The van der Waals surface area contributed by atoms with Gasteiger partial charge in [-0.05, 0) is 51.5 Å². The first kappa shape index (κ1) is 24.9. The number of fused-ring (bicyclic) bond motifs is 4. The van der Waals surface area contributed by atoms with Crippen LogP contribution in [0, 0.1) is 18.5 Å². The molecule has 0 spiro atoms. The van der Waals surface area contributed by atoms with Crippen molar-refractivity contribution in [3.63, 3.8) is 0 Å². The molecule has 0 fully saturated rings. The molecular formula is C48H29ClN4OPt-2. The maximum atomic E-state index is 8.96. The minimum Gasteiger partial charge on any atom is -0.510 e. The molecule has 0 unspecified atom stereocenters. The standard InChI is InChI=1S/C48H29ClN4O.Pt/c49-35-27-28-50-47(29-35)53-43-22-8-7-19-41(43)42-26-25-38(31-46(42)53)54-37-18-11-17-36(30-37)51-32-52(45-24-10-9-23-44(45)51)48-39(33-13-3-1-4-14-33)20-12-21-40(48)34-15-5-2-6-16-34;/h1-29H;/q-2;/i1D,2D,3D,4D,5D,6D,13D,14D,15D,16D;. The van der Waals surface area contributed by atoms with Crippen molar-refractivity contribution in [3.8, 4) is 50.9 Å². The van der Waals surface area contributed by atoms with Crippen molar-refractivity contribution >= 4 is 44.4 Å². The molecule has 266 valence electrons. The van der Waals surface area contributed by atoms with Gasteiger partial charge >= 0.3 is 0 Å². The van der Waals surface area contributed by atoms with Gasteiger partial charge in [-0.1, -0.05) is 138 Å². The third-order valence-corrected chi connectivity index (χ3v) is 9.30. The Balaban J connectivity index is 0.00000533. The Morgan fingerprint density at radius 1 is 0.655 bits per heavy atom. The van der Waals surface area contributed by atoms with Gasteiger partial charge in [0.15, 0.2) is 0 Å². The Morgan fingerprint density at radius 3 is 2.07 bits per heavy atom. The van der Waals surface area contributed by atoms with Crippen LogP contribution in [0.25, 0.3) is 72.3 Å². The minimum absolute atomic E-state index is 0. The SMILES string of the molecule is [2H]c1c([2H])c([2H])c(-c2cccc(-c3c([2H])c([2H])c([2H])c([2H])c3[2H])c2-[n+]2[c-]n(-c3[c-]c(Oc4[c-]c5c(cc4)c4ccccc4n5-c4cc(Cl)ccn4)ccc3)c3ccccc32)c([2H])c1[2H].[Pt]. The first-order valence-corrected chi connectivity index (χ1v) is 17.2. The maximum absolute atomic E-state index is 8.96. The topological polar surface area (TPSA) is 35.9 Å². The predicted octanol–water partition coefficient (Wildman–Crippen LogP) is 11.6. The molecule has 3 heterocycles. The third kappa shape index (κ3) is 6.22. The number of benzene rings is 7. The van der Waals surface area contributed by atoms with E-state index in [2.05, 4.69) is 23.4 Å². The van der Waals surface area contributed by atoms with Gasteiger partial charge in [-0.15, -0.1) is 29.7 Å². The average molecular weight is 918 g/mol. The number of ether oxygens (including phenoxy) is 1. The van der Waals surface area contributed by atoms with Crippen LogP contribution in [-0.4, -0.2) is 14.1 Å². The van der Waals surface area contributed by atoms with Crippen LogP contribution in [-0.2, 0) is 21.1 Å². The second-order valence-corrected chi connectivity index (χ2v) is 12.7. The molecule has 5 nitrogen and oxygen atoms in total. The van der Waals surface area contributed by atoms with Crippen molar-refractivity contribution in [1.29, 1.82) is 0 Å². The molecule has 10 aromatic rings. The Bertz CT molecular complexity index is 3450. The van der Waals surface area contributed by atoms with Gasteiger partial charge in [0.1, 0.15) is 5.82 Å². The van der Waals surface area contributed by atoms with E-state index in [1.807, 2.05) is 53.1 Å². The van der Waals surface area contributed by atoms with Crippen molar-refractivity contribution in [3.05, 3.63) is 199 Å². The molecule has 3 aromatic heterocycles. The van der Waals surface area contributed by atoms with Gasteiger partial charge in [0.05, 0.1) is 30.4 Å². The van der Waals surface area contributed by atoms with Crippen LogP contribution in [0.2, 0.25) is 5.02 Å². The maximum Gasteiger partial charge on any atom is 0.268 e. The smallest absolute Gasteiger partial charge is 0.268 e. The summed E-state index contributed by atoms with van der Waals surface area (Å²) in [5.41, 5.74) is 3.41. The van der Waals surface area contributed by atoms with E-state index in [0.717, 1.165) is 21.8 Å². The number of pyridine rings is 1. The summed E-state index contributed by atoms with van der Waals surface area (Å²) in [4.78, 5) is 4.59. The van der Waals surface area contributed by atoms with Crippen molar-refractivity contribution in [1.82, 2.24) is 14.1 Å². The number of aromatic nitrogens is 4. The first-order chi connectivity index (χ1) is 30.8. The summed E-state index contributed by atoms with van der Waals surface area (Å²) in [7, 11) is 0. The molecule has 7 heteroatoms. The van der Waals surface area contributed by atoms with E-state index in [-0.39, 0.29) is 49.0 Å². The van der Waals surface area contributed by atoms with E-state index in [9.17, 15) is 0 Å². The molecular weight excluding hydrogens is 879 g/mol. The zero-order valence-corrected chi connectivity index (χ0v) is 31.4. The van der Waals surface area contributed by atoms with Crippen LogP contribution in [0.3, 0.4) is 0 Å². The van der Waals surface area contributed by atoms with Crippen LogP contribution < -0.4 is 9.30 Å². The molecule has 0 aliphatic heterocycles. The number of halogens is 1. The summed E-state index contributed by atoms with van der Waals surface area (Å²) < 4.78 is 98.2. The van der Waals surface area contributed by atoms with Gasteiger partial charge in [-0.3, -0.25) is 4.57 Å². The molecule has 0 bridgehead atoms. The van der Waals surface area contributed by atoms with Crippen molar-refractivity contribution < 1.29 is 44.1 Å². The van der Waals surface area contributed by atoms with Crippen molar-refractivity contribution in [2.45, 2.75) is 0 Å². The Kier molecular flexibility index (Phi) is 6.58. The molecule has 7 aromatic carbocycles. The number of imidazole rings is 1. The summed E-state index contributed by atoms with van der Waals surface area (Å²) in [6.45, 7) is 0. The van der Waals surface area contributed by atoms with Crippen LogP contribution in [0.4, 0.5) is 0 Å². The van der Waals surface area contributed by atoms with E-state index in [0.29, 0.717) is 39.1 Å². The zero-order chi connectivity index (χ0) is 44.7. The second kappa shape index (κ2) is 14.5. The van der Waals surface area contributed by atoms with Crippen LogP contribution in [0.5, 0.6) is 11.5 Å². The fourth-order valence-corrected chi connectivity index (χ4v) is 6.95. The fourth-order valence-electron chi connectivity index (χ4n) is 6.79. The Morgan fingerprint density at radius 2 is 1.33 bits per heavy atom. The summed E-state index contributed by atoms with van der Waals surface area (Å²) >= 11 is 6.40. The quantitative estimate of drug-likeness (QED) is 0.118. The predicted molar refractivity (Wildman–Crippen MR) is 216 cm³/mol. The monoisotopic (exact) mass is 917 g/mol. The molecule has 0 saturated heterocycles. The molecule has 0 atom stereocenters. The summed E-state index contributed by atoms with van der Waals surface area (Å²) in [5, 5.41) is 2.47. The van der Waals surface area contributed by atoms with Crippen molar-refractivity contribution in [2.75, 3.05) is 0 Å². The number of nitrogens with zero attached hydrogens (tertiary/aromatic N) is 4. The Hall–Kier alpha value is -6.26. The summed E-state index contributed by atoms with van der Waals surface area (Å²) in [5.74, 6) is 1.36. The molecule has 10 rings (SSSR count). The average Bonchev–Trinajstić information content (AvgIpc) is 3.85. The number of rotatable bonds is 7. The third-order valence-electron chi connectivity index (χ3n) is 9.07. The summed E-state index contributed by atoms with van der Waals surface area (Å²) in [6.07, 6.45) is 5.02. The van der Waals surface area contributed by atoms with Gasteiger partial charge in [0.2, 0.25) is 0 Å². The van der Waals surface area contributed by atoms with Gasteiger partial charge in [0.25, 0.3) is 6.33 Å². The minimum atomic E-state index is -0.575. The van der Waals surface area contributed by atoms with E-state index >= 15 is 0 Å². The van der Waals surface area contributed by atoms with Gasteiger partial charge in [-0.2, -0.15) is 18.2 Å². The Labute approximate surface area is 351 Å². The van der Waals surface area contributed by atoms with E-state index < -0.39 is 60.4 Å². The zero-order valence-electron chi connectivity index (χ0n) is 38.4. The van der Waals surface area contributed by atoms with Crippen molar-refractivity contribution in [2.24, 2.45) is 0 Å². The van der Waals surface area contributed by atoms with Crippen LogP contribution >= 0.6 is 11.6 Å². The second-order valence-electron chi connectivity index (χ2n) is 12.2. The van der Waals surface area contributed by atoms with Gasteiger partial charge in [0, 0.05) is 49.3 Å².